The van der Waals surface area contributed by atoms with E-state index in [-0.39, 0.29) is 25.2 Å². The number of amidine groups is 1. The number of halogens is 1. The minimum atomic E-state index is -1.10. The van der Waals surface area contributed by atoms with E-state index in [0.29, 0.717) is 43.0 Å². The summed E-state index contributed by atoms with van der Waals surface area (Å²) < 4.78 is 20.2. The first-order valence-corrected chi connectivity index (χ1v) is 14.5. The molecule has 230 valence electrons. The van der Waals surface area contributed by atoms with Gasteiger partial charge in [0.05, 0.1) is 5.84 Å². The Labute approximate surface area is 255 Å². The number of carboxylic acid groups (broad SMARTS) is 1. The van der Waals surface area contributed by atoms with Gasteiger partial charge in [-0.15, -0.1) is 0 Å². The molecular formula is C35H44FN3O4. The lowest BCUT2D eigenvalue weighted by Crippen LogP contribution is -2.42. The second kappa shape index (κ2) is 18.9. The second-order valence-electron chi connectivity index (χ2n) is 10.0. The number of nitrogens with zero attached hydrogens (tertiary/aromatic N) is 2. The molecule has 0 aliphatic heterocycles. The number of ether oxygens (including phenoxy) is 1. The second-order valence-corrected chi connectivity index (χ2v) is 10.0. The van der Waals surface area contributed by atoms with Crippen molar-refractivity contribution in [2.24, 2.45) is 4.99 Å². The van der Waals surface area contributed by atoms with Gasteiger partial charge in [-0.05, 0) is 61.1 Å². The first kappa shape index (κ1) is 34.7. The molecule has 2 N–H and O–H groups in total. The summed E-state index contributed by atoms with van der Waals surface area (Å²) in [5.41, 5.74) is 3.24. The fourth-order valence-corrected chi connectivity index (χ4v) is 4.23. The van der Waals surface area contributed by atoms with Gasteiger partial charge in [0.2, 0.25) is 5.91 Å². The maximum atomic E-state index is 14.4. The van der Waals surface area contributed by atoms with Gasteiger partial charge in [0, 0.05) is 26.4 Å². The maximum absolute atomic E-state index is 14.4. The molecule has 7 nitrogen and oxygen atoms in total. The lowest BCUT2D eigenvalue weighted by Gasteiger charge is -2.20. The van der Waals surface area contributed by atoms with E-state index in [2.05, 4.69) is 16.9 Å². The van der Waals surface area contributed by atoms with Gasteiger partial charge in [-0.25, -0.2) is 9.18 Å². The van der Waals surface area contributed by atoms with Gasteiger partial charge >= 0.3 is 5.97 Å². The molecule has 2 rings (SSSR count). The van der Waals surface area contributed by atoms with Crippen LogP contribution >= 0.6 is 0 Å². The van der Waals surface area contributed by atoms with Crippen LogP contribution in [0.25, 0.3) is 0 Å². The van der Waals surface area contributed by atoms with Gasteiger partial charge in [-0.2, -0.15) is 0 Å². The summed E-state index contributed by atoms with van der Waals surface area (Å²) in [5, 5.41) is 12.3. The van der Waals surface area contributed by atoms with Crippen molar-refractivity contribution in [2.45, 2.75) is 59.1 Å². The Hall–Kier alpha value is -4.46. The number of carbonyl (C=O) groups is 2. The molecule has 0 saturated carbocycles. The number of benzene rings is 2. The predicted octanol–water partition coefficient (Wildman–Crippen LogP) is 6.83. The van der Waals surface area contributed by atoms with E-state index in [4.69, 9.17) is 4.74 Å². The van der Waals surface area contributed by atoms with Crippen LogP contribution in [0.1, 0.15) is 51.2 Å². The van der Waals surface area contributed by atoms with Crippen molar-refractivity contribution in [3.8, 4) is 5.75 Å². The highest BCUT2D eigenvalue weighted by molar-refractivity contribution is 5.88. The Morgan fingerprint density at radius 3 is 2.44 bits per heavy atom. The van der Waals surface area contributed by atoms with Crippen LogP contribution in [-0.4, -0.2) is 53.9 Å². The molecule has 0 aliphatic carbocycles. The predicted molar refractivity (Wildman–Crippen MR) is 172 cm³/mol. The summed E-state index contributed by atoms with van der Waals surface area (Å²) in [6.07, 6.45) is 8.56. The van der Waals surface area contributed by atoms with Crippen LogP contribution in [0, 0.1) is 0 Å². The number of hydrogen-bond donors (Lipinski definition) is 2. The highest BCUT2D eigenvalue weighted by atomic mass is 19.1. The van der Waals surface area contributed by atoms with Gasteiger partial charge in [0.1, 0.15) is 30.8 Å². The van der Waals surface area contributed by atoms with Crippen LogP contribution in [0.15, 0.2) is 107 Å². The molecule has 8 heteroatoms. The number of hydrogen-bond acceptors (Lipinski definition) is 4. The number of likely N-dealkylation sites (N-methyl/N-ethyl adjacent to an activating group) is 1. The zero-order valence-corrected chi connectivity index (χ0v) is 25.7. The maximum Gasteiger partial charge on any atom is 0.326 e. The average molecular weight is 590 g/mol. The Bertz CT molecular complexity index is 1310. The van der Waals surface area contributed by atoms with Crippen molar-refractivity contribution >= 4 is 17.7 Å². The van der Waals surface area contributed by atoms with E-state index >= 15 is 0 Å². The first-order valence-electron chi connectivity index (χ1n) is 14.5. The third kappa shape index (κ3) is 12.5. The Morgan fingerprint density at radius 1 is 1.14 bits per heavy atom. The van der Waals surface area contributed by atoms with Crippen LogP contribution in [0.4, 0.5) is 4.39 Å². The molecule has 1 atom stereocenters. The molecule has 0 aliphatic rings. The number of allylic oxidation sites excluding steroid dienone is 6. The minimum absolute atomic E-state index is 0.195. The van der Waals surface area contributed by atoms with Crippen molar-refractivity contribution in [2.75, 3.05) is 20.1 Å². The van der Waals surface area contributed by atoms with E-state index in [1.165, 1.54) is 0 Å². The normalized spacial score (nSPS) is 13.3. The van der Waals surface area contributed by atoms with E-state index < -0.39 is 17.9 Å². The first-order chi connectivity index (χ1) is 20.7. The highest BCUT2D eigenvalue weighted by Gasteiger charge is 2.20. The molecule has 0 aromatic heterocycles. The molecule has 2 aromatic carbocycles. The zero-order valence-electron chi connectivity index (χ0n) is 25.7. The molecule has 0 saturated heterocycles. The third-order valence-corrected chi connectivity index (χ3v) is 6.87. The molecule has 1 amide bonds. The number of amides is 1. The van der Waals surface area contributed by atoms with Crippen LogP contribution in [0.3, 0.4) is 0 Å². The smallest absolute Gasteiger partial charge is 0.326 e. The molecule has 0 fully saturated rings. The SMILES string of the molecule is C=CC(=C\CN(C)C(CC)=NCC(=O)NC(CCc1ccc(OCc2ccccc2)cc1)C(=O)O)/C(C)=C(\F)C/C=C\C. The minimum Gasteiger partial charge on any atom is -0.489 e. The van der Waals surface area contributed by atoms with E-state index in [1.807, 2.05) is 86.5 Å². The number of aliphatic imine (C=N–C) groups is 1. The fraction of sp³-hybridized carbons (Fsp3) is 0.343. The van der Waals surface area contributed by atoms with Crippen molar-refractivity contribution in [1.29, 1.82) is 0 Å². The summed E-state index contributed by atoms with van der Waals surface area (Å²) in [6.45, 7) is 10.0. The topological polar surface area (TPSA) is 91.2 Å². The largest absolute Gasteiger partial charge is 0.489 e. The van der Waals surface area contributed by atoms with Crippen molar-refractivity contribution < 1.29 is 23.8 Å². The van der Waals surface area contributed by atoms with E-state index in [9.17, 15) is 19.1 Å². The number of rotatable bonds is 17. The molecule has 1 unspecified atom stereocenters. The number of aryl methyl sites for hydroxylation is 1. The van der Waals surface area contributed by atoms with Crippen LogP contribution in [0.5, 0.6) is 5.75 Å². The summed E-state index contributed by atoms with van der Waals surface area (Å²) in [5.74, 6) is -0.383. The van der Waals surface area contributed by atoms with Gasteiger partial charge in [0.25, 0.3) is 0 Å². The summed E-state index contributed by atoms with van der Waals surface area (Å²) >= 11 is 0. The average Bonchev–Trinajstić information content (AvgIpc) is 3.02. The van der Waals surface area contributed by atoms with Gasteiger partial charge in [-0.3, -0.25) is 9.79 Å². The molecule has 0 heterocycles. The molecule has 0 radical (unpaired) electrons. The van der Waals surface area contributed by atoms with Crippen LogP contribution < -0.4 is 10.1 Å². The number of carboxylic acids is 1. The van der Waals surface area contributed by atoms with Crippen molar-refractivity contribution in [3.63, 3.8) is 0 Å². The monoisotopic (exact) mass is 589 g/mol. The molecule has 43 heavy (non-hydrogen) atoms. The fourth-order valence-electron chi connectivity index (χ4n) is 4.23. The molecule has 2 aromatic rings. The van der Waals surface area contributed by atoms with Gasteiger partial charge in [-0.1, -0.05) is 80.3 Å². The zero-order chi connectivity index (χ0) is 31.6. The molecule has 0 spiro atoms. The van der Waals surface area contributed by atoms with Gasteiger partial charge < -0.3 is 20.1 Å². The summed E-state index contributed by atoms with van der Waals surface area (Å²) in [7, 11) is 1.84. The highest BCUT2D eigenvalue weighted by Crippen LogP contribution is 2.20. The molecular weight excluding hydrogens is 545 g/mol. The van der Waals surface area contributed by atoms with E-state index in [0.717, 1.165) is 16.9 Å². The molecule has 0 bridgehead atoms. The van der Waals surface area contributed by atoms with Crippen LogP contribution in [-0.2, 0) is 22.6 Å². The number of carbonyl (C=O) groups excluding carboxylic acids is 1. The Balaban J connectivity index is 1.91. The number of nitrogens with one attached hydrogen (secondary N) is 1. The van der Waals surface area contributed by atoms with Crippen molar-refractivity contribution in [1.82, 2.24) is 10.2 Å². The lowest BCUT2D eigenvalue weighted by atomic mass is 10.0. The third-order valence-electron chi connectivity index (χ3n) is 6.87. The van der Waals surface area contributed by atoms with Crippen molar-refractivity contribution in [3.05, 3.63) is 114 Å². The van der Waals surface area contributed by atoms with E-state index in [1.54, 1.807) is 25.2 Å². The van der Waals surface area contributed by atoms with Crippen LogP contribution in [0.2, 0.25) is 0 Å². The lowest BCUT2D eigenvalue weighted by molar-refractivity contribution is -0.141. The Kier molecular flexibility index (Phi) is 15.2. The summed E-state index contributed by atoms with van der Waals surface area (Å²) in [4.78, 5) is 30.7. The summed E-state index contributed by atoms with van der Waals surface area (Å²) in [6, 6.07) is 16.3. The quantitative estimate of drug-likeness (QED) is 0.0914. The standard InChI is InChI=1S/C35H44FN3O4/c1-6-9-15-31(36)26(4)29(7-2)22-23-39(5)33(8-3)37-24-34(40)38-32(35(41)42)21-18-27-16-19-30(20-17-27)43-25-28-13-11-10-12-14-28/h6-7,9-14,16-17,19-20,22,32H,2,8,15,18,21,23-25H2,1,3-5H3,(H,38,40)(H,41,42)/b9-6-,29-22+,31-26-,37-33?. The van der Waals surface area contributed by atoms with Gasteiger partial charge in [0.15, 0.2) is 0 Å². The number of aliphatic carboxylic acids is 1. The Morgan fingerprint density at radius 2 is 1.84 bits per heavy atom.